The Morgan fingerprint density at radius 2 is 1.04 bits per heavy atom. The smallest absolute Gasteiger partial charge is 0.137 e. The van der Waals surface area contributed by atoms with Crippen molar-refractivity contribution in [1.29, 1.82) is 0 Å². The zero-order valence-electron chi connectivity index (χ0n) is 29.4. The maximum absolute atomic E-state index is 6.44. The number of rotatable bonds is 2. The van der Waals surface area contributed by atoms with E-state index in [1.54, 1.807) is 0 Å². The molecule has 246 valence electrons. The van der Waals surface area contributed by atoms with E-state index in [1.165, 1.54) is 84.0 Å². The van der Waals surface area contributed by atoms with Gasteiger partial charge in [-0.15, -0.1) is 0 Å². The maximum Gasteiger partial charge on any atom is 0.137 e. The molecule has 3 nitrogen and oxygen atoms in total. The van der Waals surface area contributed by atoms with Crippen LogP contribution in [0.5, 0.6) is 0 Å². The summed E-state index contributed by atoms with van der Waals surface area (Å²) in [6.07, 6.45) is 2.37. The minimum atomic E-state index is 0.111. The number of benzene rings is 7. The Kier molecular flexibility index (Phi) is 5.64. The molecule has 0 bridgehead atoms. The number of furan rings is 1. The molecule has 0 fully saturated rings. The second-order valence-electron chi connectivity index (χ2n) is 16.0. The normalized spacial score (nSPS) is 15.6. The van der Waals surface area contributed by atoms with Crippen molar-refractivity contribution in [1.82, 2.24) is 9.13 Å². The first-order valence-electron chi connectivity index (χ1n) is 18.2. The molecule has 0 unspecified atom stereocenters. The summed E-state index contributed by atoms with van der Waals surface area (Å²) in [6, 6.07) is 49.4. The molecule has 0 spiro atoms. The molecule has 11 rings (SSSR count). The van der Waals surface area contributed by atoms with Crippen LogP contribution in [0.2, 0.25) is 0 Å². The average Bonchev–Trinajstić information content (AvgIpc) is 3.79. The molecule has 1 aliphatic rings. The van der Waals surface area contributed by atoms with E-state index in [0.29, 0.717) is 0 Å². The first kappa shape index (κ1) is 29.0. The van der Waals surface area contributed by atoms with Crippen LogP contribution >= 0.6 is 0 Å². The molecule has 0 saturated heterocycles. The molecule has 3 heterocycles. The second-order valence-corrected chi connectivity index (χ2v) is 16.0. The molecule has 0 aliphatic heterocycles. The van der Waals surface area contributed by atoms with Gasteiger partial charge in [-0.3, -0.25) is 0 Å². The van der Waals surface area contributed by atoms with Gasteiger partial charge in [0.25, 0.3) is 0 Å². The van der Waals surface area contributed by atoms with E-state index in [9.17, 15) is 0 Å². The first-order chi connectivity index (χ1) is 24.8. The van der Waals surface area contributed by atoms with E-state index in [1.807, 2.05) is 6.07 Å². The molecular formula is C48H38N2O. The number of para-hydroxylation sites is 2. The van der Waals surface area contributed by atoms with Crippen molar-refractivity contribution in [2.75, 3.05) is 0 Å². The lowest BCUT2D eigenvalue weighted by atomic mass is 9.63. The Morgan fingerprint density at radius 3 is 1.86 bits per heavy atom. The molecule has 1 aliphatic carbocycles. The third-order valence-electron chi connectivity index (χ3n) is 12.1. The predicted molar refractivity (Wildman–Crippen MR) is 215 cm³/mol. The molecular weight excluding hydrogens is 621 g/mol. The van der Waals surface area contributed by atoms with Crippen molar-refractivity contribution in [3.8, 4) is 11.4 Å². The van der Waals surface area contributed by atoms with Crippen molar-refractivity contribution in [3.63, 3.8) is 0 Å². The summed E-state index contributed by atoms with van der Waals surface area (Å²) in [4.78, 5) is 0. The first-order valence-corrected chi connectivity index (χ1v) is 18.2. The van der Waals surface area contributed by atoms with Crippen molar-refractivity contribution < 1.29 is 4.42 Å². The Balaban J connectivity index is 1.32. The van der Waals surface area contributed by atoms with E-state index in [0.717, 1.165) is 27.6 Å². The Morgan fingerprint density at radius 1 is 0.431 bits per heavy atom. The van der Waals surface area contributed by atoms with Gasteiger partial charge in [-0.1, -0.05) is 94.4 Å². The maximum atomic E-state index is 6.44. The fourth-order valence-electron chi connectivity index (χ4n) is 9.34. The highest BCUT2D eigenvalue weighted by molar-refractivity contribution is 6.25. The standard InChI is InChI=1S/C48H38N2O/c1-47(2)22-23-48(3,4)39-28-43-35(25-38(39)47)36-26-42-37(27-41(36)49(43)30-13-6-5-7-14-30)46-32-15-9-8-12-29(32)18-21-40(46)50(42)31-19-20-34-33-16-10-11-17-44(33)51-45(34)24-31/h5-21,24-28H,22-23H2,1-4H3. The highest BCUT2D eigenvalue weighted by atomic mass is 16.3. The lowest BCUT2D eigenvalue weighted by Gasteiger charge is -2.42. The molecule has 0 amide bonds. The summed E-state index contributed by atoms with van der Waals surface area (Å²) < 4.78 is 11.4. The Bertz CT molecular complexity index is 3080. The third kappa shape index (κ3) is 3.95. The van der Waals surface area contributed by atoms with E-state index in [4.69, 9.17) is 4.42 Å². The zero-order chi connectivity index (χ0) is 34.2. The summed E-state index contributed by atoms with van der Waals surface area (Å²) in [5.74, 6) is 0. The van der Waals surface area contributed by atoms with Crippen molar-refractivity contribution >= 4 is 76.3 Å². The largest absolute Gasteiger partial charge is 0.456 e. The van der Waals surface area contributed by atoms with Crippen LogP contribution in [-0.4, -0.2) is 9.13 Å². The lowest BCUT2D eigenvalue weighted by molar-refractivity contribution is 0.332. The number of fused-ring (bicyclic) bond motifs is 12. The van der Waals surface area contributed by atoms with Crippen LogP contribution in [0.15, 0.2) is 138 Å². The van der Waals surface area contributed by atoms with Gasteiger partial charge in [0.2, 0.25) is 0 Å². The SMILES string of the molecule is CC1(C)CCC(C)(C)c2cc3c(cc21)c1cc2c(cc1n3-c1ccccc1)c1c3ccccc3ccc1n2-c1ccc2c(c1)oc1ccccc12. The van der Waals surface area contributed by atoms with Crippen molar-refractivity contribution in [2.45, 2.75) is 51.4 Å². The van der Waals surface area contributed by atoms with Crippen LogP contribution in [0.1, 0.15) is 51.7 Å². The fraction of sp³-hybridized carbons (Fsp3) is 0.167. The summed E-state index contributed by atoms with van der Waals surface area (Å²) >= 11 is 0. The minimum absolute atomic E-state index is 0.111. The second kappa shape index (κ2) is 9.92. The van der Waals surface area contributed by atoms with Crippen LogP contribution in [0, 0.1) is 0 Å². The molecule has 51 heavy (non-hydrogen) atoms. The van der Waals surface area contributed by atoms with Crippen LogP contribution in [0.4, 0.5) is 0 Å². The number of nitrogens with zero attached hydrogens (tertiary/aromatic N) is 2. The summed E-state index contributed by atoms with van der Waals surface area (Å²) in [6.45, 7) is 9.71. The monoisotopic (exact) mass is 658 g/mol. The van der Waals surface area contributed by atoms with Crippen molar-refractivity contribution in [3.05, 3.63) is 145 Å². The Hall–Kier alpha value is -5.80. The molecule has 3 heteroatoms. The van der Waals surface area contributed by atoms with E-state index < -0.39 is 0 Å². The molecule has 0 atom stereocenters. The van der Waals surface area contributed by atoms with E-state index >= 15 is 0 Å². The molecule has 0 N–H and O–H groups in total. The fourth-order valence-corrected chi connectivity index (χ4v) is 9.34. The summed E-state index contributed by atoms with van der Waals surface area (Å²) in [7, 11) is 0. The predicted octanol–water partition coefficient (Wildman–Crippen LogP) is 13.3. The van der Waals surface area contributed by atoms with E-state index in [-0.39, 0.29) is 10.8 Å². The molecule has 3 aromatic heterocycles. The van der Waals surface area contributed by atoms with Gasteiger partial charge in [0, 0.05) is 49.8 Å². The molecule has 0 saturated carbocycles. The van der Waals surface area contributed by atoms with Gasteiger partial charge in [-0.2, -0.15) is 0 Å². The van der Waals surface area contributed by atoms with Gasteiger partial charge < -0.3 is 13.6 Å². The minimum Gasteiger partial charge on any atom is -0.456 e. The number of hydrogen-bond donors (Lipinski definition) is 0. The molecule has 7 aromatic carbocycles. The highest BCUT2D eigenvalue weighted by Gasteiger charge is 2.38. The molecule has 0 radical (unpaired) electrons. The van der Waals surface area contributed by atoms with E-state index in [2.05, 4.69) is 164 Å². The highest BCUT2D eigenvalue weighted by Crippen LogP contribution is 2.49. The quantitative estimate of drug-likeness (QED) is 0.181. The van der Waals surface area contributed by atoms with Crippen LogP contribution in [0.25, 0.3) is 87.7 Å². The number of aromatic nitrogens is 2. The van der Waals surface area contributed by atoms with Crippen LogP contribution in [0.3, 0.4) is 0 Å². The topological polar surface area (TPSA) is 23.0 Å². The van der Waals surface area contributed by atoms with Gasteiger partial charge in [0.1, 0.15) is 11.2 Å². The van der Waals surface area contributed by atoms with Gasteiger partial charge >= 0.3 is 0 Å². The van der Waals surface area contributed by atoms with Gasteiger partial charge in [-0.05, 0) is 106 Å². The zero-order valence-corrected chi connectivity index (χ0v) is 29.4. The number of hydrogen-bond acceptors (Lipinski definition) is 1. The van der Waals surface area contributed by atoms with Crippen LogP contribution in [-0.2, 0) is 10.8 Å². The van der Waals surface area contributed by atoms with Crippen molar-refractivity contribution in [2.24, 2.45) is 0 Å². The van der Waals surface area contributed by atoms with Gasteiger partial charge in [0.15, 0.2) is 0 Å². The lowest BCUT2D eigenvalue weighted by Crippen LogP contribution is -2.33. The van der Waals surface area contributed by atoms with Gasteiger partial charge in [0.05, 0.1) is 22.1 Å². The molecule has 10 aromatic rings. The summed E-state index contributed by atoms with van der Waals surface area (Å²) in [5.41, 5.74) is 12.2. The Labute approximate surface area is 296 Å². The van der Waals surface area contributed by atoms with Gasteiger partial charge in [-0.25, -0.2) is 0 Å². The van der Waals surface area contributed by atoms with Crippen LogP contribution < -0.4 is 0 Å². The third-order valence-corrected chi connectivity index (χ3v) is 12.1. The average molecular weight is 659 g/mol. The summed E-state index contributed by atoms with van der Waals surface area (Å²) in [5, 5.41) is 9.94.